The molecule has 7 heteroatoms. The topological polar surface area (TPSA) is 84.7 Å². The molecule has 150 valence electrons. The minimum Gasteiger partial charge on any atom is -0.336 e. The maximum Gasteiger partial charge on any atom is 0.260 e. The van der Waals surface area contributed by atoms with E-state index < -0.39 is 0 Å². The van der Waals surface area contributed by atoms with Crippen molar-refractivity contribution < 1.29 is 4.52 Å². The summed E-state index contributed by atoms with van der Waals surface area (Å²) in [6.45, 7) is 10.7. The summed E-state index contributed by atoms with van der Waals surface area (Å²) in [5.41, 5.74) is 4.22. The SMILES string of the molecule is Cc1cc(-c2nc3sc4c(c3c(=O)[nH]2)CC[C@@H](C(C)(C)C)C4)c2c(C)noc2n1. The van der Waals surface area contributed by atoms with Crippen LogP contribution in [0.15, 0.2) is 15.4 Å². The zero-order chi connectivity index (χ0) is 20.5. The molecule has 0 aromatic carbocycles. The maximum atomic E-state index is 13.1. The third-order valence-corrected chi connectivity index (χ3v) is 7.29. The number of nitrogens with zero attached hydrogens (tertiary/aromatic N) is 3. The Bertz CT molecular complexity index is 1320. The predicted octanol–water partition coefficient (Wildman–Crippen LogP) is 4.96. The molecule has 0 spiro atoms. The highest BCUT2D eigenvalue weighted by atomic mass is 32.1. The van der Waals surface area contributed by atoms with Crippen LogP contribution in [0.25, 0.3) is 32.7 Å². The Morgan fingerprint density at radius 3 is 2.76 bits per heavy atom. The predicted molar refractivity (Wildman–Crippen MR) is 115 cm³/mol. The lowest BCUT2D eigenvalue weighted by Gasteiger charge is -2.33. The lowest BCUT2D eigenvalue weighted by atomic mass is 9.72. The molecule has 1 atom stereocenters. The van der Waals surface area contributed by atoms with Gasteiger partial charge in [-0.2, -0.15) is 0 Å². The quantitative estimate of drug-likeness (QED) is 0.481. The van der Waals surface area contributed by atoms with Gasteiger partial charge in [-0.3, -0.25) is 4.79 Å². The Kier molecular flexibility index (Phi) is 3.97. The molecule has 0 fully saturated rings. The van der Waals surface area contributed by atoms with E-state index in [9.17, 15) is 4.79 Å². The van der Waals surface area contributed by atoms with Gasteiger partial charge in [0, 0.05) is 16.1 Å². The molecule has 4 aromatic rings. The first-order valence-corrected chi connectivity index (χ1v) is 10.8. The molecule has 4 heterocycles. The Balaban J connectivity index is 1.70. The fourth-order valence-corrected chi connectivity index (χ4v) is 5.76. The summed E-state index contributed by atoms with van der Waals surface area (Å²) in [6, 6.07) is 1.93. The number of H-pyrrole nitrogens is 1. The summed E-state index contributed by atoms with van der Waals surface area (Å²) >= 11 is 1.67. The molecule has 0 unspecified atom stereocenters. The fraction of sp³-hybridized carbons (Fsp3) is 0.455. The number of rotatable bonds is 1. The lowest BCUT2D eigenvalue weighted by molar-refractivity contribution is 0.218. The van der Waals surface area contributed by atoms with Crippen molar-refractivity contribution in [3.05, 3.63) is 38.2 Å². The summed E-state index contributed by atoms with van der Waals surface area (Å²) in [6.07, 6.45) is 3.09. The van der Waals surface area contributed by atoms with Gasteiger partial charge in [0.2, 0.25) is 0 Å². The normalized spacial score (nSPS) is 17.2. The van der Waals surface area contributed by atoms with Crippen molar-refractivity contribution in [2.24, 2.45) is 11.3 Å². The summed E-state index contributed by atoms with van der Waals surface area (Å²) in [5.74, 6) is 1.18. The minimum absolute atomic E-state index is 0.0616. The summed E-state index contributed by atoms with van der Waals surface area (Å²) in [7, 11) is 0. The number of nitrogens with one attached hydrogen (secondary N) is 1. The molecule has 1 N–H and O–H groups in total. The number of thiophene rings is 1. The molecule has 0 radical (unpaired) electrons. The van der Waals surface area contributed by atoms with Crippen LogP contribution in [-0.4, -0.2) is 20.1 Å². The van der Waals surface area contributed by atoms with Crippen LogP contribution in [0.5, 0.6) is 0 Å². The second-order valence-corrected chi connectivity index (χ2v) is 10.2. The van der Waals surface area contributed by atoms with Crippen molar-refractivity contribution in [3.63, 3.8) is 0 Å². The summed E-state index contributed by atoms with van der Waals surface area (Å²) < 4.78 is 5.34. The number of aromatic amines is 1. The Morgan fingerprint density at radius 2 is 2.00 bits per heavy atom. The van der Waals surface area contributed by atoms with E-state index in [1.165, 1.54) is 10.4 Å². The van der Waals surface area contributed by atoms with Gasteiger partial charge < -0.3 is 9.51 Å². The van der Waals surface area contributed by atoms with Gasteiger partial charge in [0.05, 0.1) is 16.5 Å². The van der Waals surface area contributed by atoms with E-state index in [1.54, 1.807) is 11.3 Å². The van der Waals surface area contributed by atoms with Crippen molar-refractivity contribution in [1.82, 2.24) is 20.1 Å². The highest BCUT2D eigenvalue weighted by Crippen LogP contribution is 2.42. The van der Waals surface area contributed by atoms with Crippen molar-refractivity contribution in [3.8, 4) is 11.4 Å². The van der Waals surface area contributed by atoms with Gasteiger partial charge in [-0.25, -0.2) is 9.97 Å². The molecule has 6 nitrogen and oxygen atoms in total. The van der Waals surface area contributed by atoms with Crippen LogP contribution >= 0.6 is 11.3 Å². The van der Waals surface area contributed by atoms with Gasteiger partial charge >= 0.3 is 0 Å². The van der Waals surface area contributed by atoms with E-state index in [2.05, 4.69) is 35.9 Å². The van der Waals surface area contributed by atoms with Gasteiger partial charge in [-0.1, -0.05) is 25.9 Å². The van der Waals surface area contributed by atoms with E-state index >= 15 is 0 Å². The standard InChI is InChI=1S/C22H24N4O2S/c1-10-8-14(16-11(2)26-28-20(16)23-10)18-24-19(27)17-13-7-6-12(22(3,4)5)9-15(13)29-21(17)25-18/h8,12H,6-7,9H2,1-5H3,(H,24,25,27)/t12-/m1/s1. The zero-order valence-corrected chi connectivity index (χ0v) is 18.2. The van der Waals surface area contributed by atoms with Crippen molar-refractivity contribution in [2.45, 2.75) is 53.9 Å². The largest absolute Gasteiger partial charge is 0.336 e. The van der Waals surface area contributed by atoms with Crippen LogP contribution in [0.3, 0.4) is 0 Å². The molecular weight excluding hydrogens is 384 g/mol. The molecule has 0 bridgehead atoms. The average molecular weight is 409 g/mol. The smallest absolute Gasteiger partial charge is 0.260 e. The minimum atomic E-state index is -0.0616. The average Bonchev–Trinajstić information content (AvgIpc) is 3.20. The highest BCUT2D eigenvalue weighted by molar-refractivity contribution is 7.18. The van der Waals surface area contributed by atoms with Gasteiger partial charge in [0.25, 0.3) is 11.3 Å². The molecular formula is C22H24N4O2S. The number of fused-ring (bicyclic) bond motifs is 4. The first-order chi connectivity index (χ1) is 13.7. The molecule has 4 aromatic heterocycles. The number of aryl methyl sites for hydroxylation is 3. The fourth-order valence-electron chi connectivity index (χ4n) is 4.46. The first-order valence-electron chi connectivity index (χ1n) is 10.0. The first kappa shape index (κ1) is 18.5. The molecule has 0 saturated heterocycles. The number of hydrogen-bond donors (Lipinski definition) is 1. The van der Waals surface area contributed by atoms with Gasteiger partial charge in [0.1, 0.15) is 10.7 Å². The van der Waals surface area contributed by atoms with Crippen LogP contribution in [-0.2, 0) is 12.8 Å². The van der Waals surface area contributed by atoms with E-state index in [4.69, 9.17) is 9.51 Å². The van der Waals surface area contributed by atoms with E-state index in [0.717, 1.165) is 51.8 Å². The second kappa shape index (κ2) is 6.23. The lowest BCUT2D eigenvalue weighted by Crippen LogP contribution is -2.26. The Hall–Kier alpha value is -2.54. The van der Waals surface area contributed by atoms with Crippen molar-refractivity contribution in [1.29, 1.82) is 0 Å². The third-order valence-electron chi connectivity index (χ3n) is 6.14. The monoisotopic (exact) mass is 408 g/mol. The maximum absolute atomic E-state index is 13.1. The number of pyridine rings is 1. The van der Waals surface area contributed by atoms with Crippen molar-refractivity contribution in [2.75, 3.05) is 0 Å². The molecule has 29 heavy (non-hydrogen) atoms. The molecule has 5 rings (SSSR count). The number of aromatic nitrogens is 4. The van der Waals surface area contributed by atoms with E-state index in [1.807, 2.05) is 19.9 Å². The van der Waals surface area contributed by atoms with Crippen LogP contribution in [0.4, 0.5) is 0 Å². The third kappa shape index (κ3) is 2.90. The molecule has 0 saturated carbocycles. The molecule has 0 aliphatic heterocycles. The van der Waals surface area contributed by atoms with E-state index in [-0.39, 0.29) is 11.0 Å². The molecule has 1 aliphatic carbocycles. The van der Waals surface area contributed by atoms with Crippen LogP contribution in [0.2, 0.25) is 0 Å². The van der Waals surface area contributed by atoms with Gasteiger partial charge in [0.15, 0.2) is 0 Å². The Labute approximate surface area is 172 Å². The van der Waals surface area contributed by atoms with E-state index in [0.29, 0.717) is 17.5 Å². The van der Waals surface area contributed by atoms with Crippen LogP contribution in [0.1, 0.15) is 49.0 Å². The Morgan fingerprint density at radius 1 is 1.21 bits per heavy atom. The molecule has 0 amide bonds. The number of hydrogen-bond acceptors (Lipinski definition) is 6. The van der Waals surface area contributed by atoms with Crippen LogP contribution in [0, 0.1) is 25.2 Å². The molecule has 1 aliphatic rings. The highest BCUT2D eigenvalue weighted by Gasteiger charge is 2.31. The zero-order valence-electron chi connectivity index (χ0n) is 17.3. The van der Waals surface area contributed by atoms with Gasteiger partial charge in [-0.05, 0) is 56.1 Å². The second-order valence-electron chi connectivity index (χ2n) is 9.16. The van der Waals surface area contributed by atoms with Gasteiger partial charge in [-0.15, -0.1) is 11.3 Å². The summed E-state index contributed by atoms with van der Waals surface area (Å²) in [4.78, 5) is 27.5. The van der Waals surface area contributed by atoms with Crippen LogP contribution < -0.4 is 5.56 Å². The van der Waals surface area contributed by atoms with Crippen molar-refractivity contribution >= 4 is 32.7 Å². The summed E-state index contributed by atoms with van der Waals surface area (Å²) in [5, 5.41) is 5.60.